The highest BCUT2D eigenvalue weighted by Gasteiger charge is 2.20. The number of hydrogen-bond donors (Lipinski definition) is 1. The Morgan fingerprint density at radius 2 is 1.94 bits per heavy atom. The van der Waals surface area contributed by atoms with E-state index in [-0.39, 0.29) is 5.82 Å². The van der Waals surface area contributed by atoms with Crippen molar-refractivity contribution in [3.05, 3.63) is 48.0 Å². The molecule has 0 amide bonds. The third kappa shape index (κ3) is 2.71. The molecule has 0 aliphatic heterocycles. The van der Waals surface area contributed by atoms with Gasteiger partial charge in [-0.2, -0.15) is 0 Å². The molecule has 3 nitrogen and oxygen atoms in total. The van der Waals surface area contributed by atoms with Gasteiger partial charge in [0, 0.05) is 24.3 Å². The molecule has 3 rings (SSSR count). The Bertz CT molecular complexity index is 535. The minimum atomic E-state index is -0.245. The maximum Gasteiger partial charge on any atom is 0.159 e. The number of halogens is 1. The molecule has 92 valence electrons. The van der Waals surface area contributed by atoms with Gasteiger partial charge in [-0.25, -0.2) is 14.4 Å². The van der Waals surface area contributed by atoms with Crippen LogP contribution in [0.3, 0.4) is 0 Å². The number of rotatable bonds is 4. The van der Waals surface area contributed by atoms with Crippen molar-refractivity contribution < 1.29 is 4.39 Å². The van der Waals surface area contributed by atoms with Crippen LogP contribution < -0.4 is 5.32 Å². The van der Waals surface area contributed by atoms with E-state index in [2.05, 4.69) is 15.3 Å². The molecule has 1 aromatic heterocycles. The maximum atomic E-state index is 12.8. The quantitative estimate of drug-likeness (QED) is 0.896. The number of nitrogens with zero attached hydrogens (tertiary/aromatic N) is 2. The SMILES string of the molecule is Fc1ccc(-c2nccc(CNC3CC3)n2)cc1. The lowest BCUT2D eigenvalue weighted by Gasteiger charge is -2.04. The van der Waals surface area contributed by atoms with Gasteiger partial charge in [-0.05, 0) is 43.2 Å². The van der Waals surface area contributed by atoms with E-state index >= 15 is 0 Å². The Morgan fingerprint density at radius 3 is 2.67 bits per heavy atom. The molecule has 1 aromatic carbocycles. The zero-order chi connectivity index (χ0) is 12.4. The second-order valence-electron chi connectivity index (χ2n) is 4.53. The van der Waals surface area contributed by atoms with E-state index in [1.54, 1.807) is 18.3 Å². The van der Waals surface area contributed by atoms with Crippen LogP contribution in [0.1, 0.15) is 18.5 Å². The smallest absolute Gasteiger partial charge is 0.159 e. The van der Waals surface area contributed by atoms with Crippen molar-refractivity contribution >= 4 is 0 Å². The molecule has 1 aliphatic rings. The summed E-state index contributed by atoms with van der Waals surface area (Å²) in [7, 11) is 0. The van der Waals surface area contributed by atoms with Crippen molar-refractivity contribution in [1.82, 2.24) is 15.3 Å². The number of benzene rings is 1. The van der Waals surface area contributed by atoms with E-state index in [0.717, 1.165) is 17.8 Å². The zero-order valence-electron chi connectivity index (χ0n) is 9.94. The van der Waals surface area contributed by atoms with Gasteiger partial charge < -0.3 is 5.32 Å². The highest BCUT2D eigenvalue weighted by molar-refractivity contribution is 5.54. The molecule has 1 fully saturated rings. The normalized spacial score (nSPS) is 14.7. The van der Waals surface area contributed by atoms with Crippen molar-refractivity contribution in [2.24, 2.45) is 0 Å². The standard InChI is InChI=1S/C14H14FN3/c15-11-3-1-10(2-4-11)14-16-8-7-13(18-14)9-17-12-5-6-12/h1-4,7-8,12,17H,5-6,9H2. The molecule has 1 heterocycles. The fourth-order valence-corrected chi connectivity index (χ4v) is 1.77. The van der Waals surface area contributed by atoms with Crippen LogP contribution in [0, 0.1) is 5.82 Å². The van der Waals surface area contributed by atoms with Crippen molar-refractivity contribution in [2.45, 2.75) is 25.4 Å². The minimum absolute atomic E-state index is 0.245. The molecule has 0 bridgehead atoms. The van der Waals surface area contributed by atoms with Crippen LogP contribution in [0.4, 0.5) is 4.39 Å². The Hall–Kier alpha value is -1.81. The number of hydrogen-bond acceptors (Lipinski definition) is 3. The zero-order valence-corrected chi connectivity index (χ0v) is 9.94. The molecule has 1 saturated carbocycles. The molecule has 1 aliphatic carbocycles. The molecule has 0 saturated heterocycles. The van der Waals surface area contributed by atoms with Crippen molar-refractivity contribution in [2.75, 3.05) is 0 Å². The highest BCUT2D eigenvalue weighted by atomic mass is 19.1. The van der Waals surface area contributed by atoms with Crippen LogP contribution in [-0.4, -0.2) is 16.0 Å². The van der Waals surface area contributed by atoms with Gasteiger partial charge in [0.1, 0.15) is 5.82 Å². The van der Waals surface area contributed by atoms with E-state index in [0.29, 0.717) is 11.9 Å². The Morgan fingerprint density at radius 1 is 1.17 bits per heavy atom. The first-order chi connectivity index (χ1) is 8.81. The van der Waals surface area contributed by atoms with Gasteiger partial charge in [-0.15, -0.1) is 0 Å². The first-order valence-corrected chi connectivity index (χ1v) is 6.12. The van der Waals surface area contributed by atoms with Crippen LogP contribution in [0.15, 0.2) is 36.5 Å². The Labute approximate surface area is 105 Å². The first-order valence-electron chi connectivity index (χ1n) is 6.12. The number of nitrogens with one attached hydrogen (secondary N) is 1. The van der Waals surface area contributed by atoms with Crippen molar-refractivity contribution in [3.8, 4) is 11.4 Å². The summed E-state index contributed by atoms with van der Waals surface area (Å²) in [6.07, 6.45) is 4.27. The largest absolute Gasteiger partial charge is 0.308 e. The predicted molar refractivity (Wildman–Crippen MR) is 67.3 cm³/mol. The van der Waals surface area contributed by atoms with E-state index in [4.69, 9.17) is 0 Å². The van der Waals surface area contributed by atoms with Crippen molar-refractivity contribution in [3.63, 3.8) is 0 Å². The summed E-state index contributed by atoms with van der Waals surface area (Å²) in [5.74, 6) is 0.399. The number of aromatic nitrogens is 2. The van der Waals surface area contributed by atoms with Crippen LogP contribution in [0.2, 0.25) is 0 Å². The van der Waals surface area contributed by atoms with Gasteiger partial charge in [0.15, 0.2) is 5.82 Å². The molecule has 0 unspecified atom stereocenters. The molecule has 4 heteroatoms. The third-order valence-corrected chi connectivity index (χ3v) is 2.96. The van der Waals surface area contributed by atoms with Gasteiger partial charge in [0.2, 0.25) is 0 Å². The van der Waals surface area contributed by atoms with E-state index in [1.165, 1.54) is 25.0 Å². The Kier molecular flexibility index (Phi) is 3.02. The summed E-state index contributed by atoms with van der Waals surface area (Å²) in [6.45, 7) is 0.765. The van der Waals surface area contributed by atoms with Crippen LogP contribution in [-0.2, 0) is 6.54 Å². The lowest BCUT2D eigenvalue weighted by Crippen LogP contribution is -2.16. The molecule has 2 aromatic rings. The highest BCUT2D eigenvalue weighted by Crippen LogP contribution is 2.19. The molecular weight excluding hydrogens is 229 g/mol. The molecule has 1 N–H and O–H groups in total. The topological polar surface area (TPSA) is 37.8 Å². The second-order valence-corrected chi connectivity index (χ2v) is 4.53. The van der Waals surface area contributed by atoms with E-state index in [1.807, 2.05) is 6.07 Å². The van der Waals surface area contributed by atoms with Crippen LogP contribution in [0.25, 0.3) is 11.4 Å². The molecule has 18 heavy (non-hydrogen) atoms. The molecule has 0 radical (unpaired) electrons. The average Bonchev–Trinajstić information content (AvgIpc) is 3.22. The monoisotopic (exact) mass is 243 g/mol. The fraction of sp³-hybridized carbons (Fsp3) is 0.286. The lowest BCUT2D eigenvalue weighted by atomic mass is 10.2. The van der Waals surface area contributed by atoms with Crippen LogP contribution in [0.5, 0.6) is 0 Å². The van der Waals surface area contributed by atoms with Crippen LogP contribution >= 0.6 is 0 Å². The predicted octanol–water partition coefficient (Wildman–Crippen LogP) is 2.53. The summed E-state index contributed by atoms with van der Waals surface area (Å²) in [4.78, 5) is 8.70. The minimum Gasteiger partial charge on any atom is -0.308 e. The first kappa shape index (κ1) is 11.3. The van der Waals surface area contributed by atoms with E-state index < -0.39 is 0 Å². The molecular formula is C14H14FN3. The van der Waals surface area contributed by atoms with Gasteiger partial charge in [0.25, 0.3) is 0 Å². The maximum absolute atomic E-state index is 12.8. The average molecular weight is 243 g/mol. The van der Waals surface area contributed by atoms with Gasteiger partial charge in [-0.1, -0.05) is 0 Å². The Balaban J connectivity index is 1.78. The van der Waals surface area contributed by atoms with Gasteiger partial charge in [0.05, 0.1) is 5.69 Å². The fourth-order valence-electron chi connectivity index (χ4n) is 1.77. The summed E-state index contributed by atoms with van der Waals surface area (Å²) < 4.78 is 12.8. The third-order valence-electron chi connectivity index (χ3n) is 2.96. The lowest BCUT2D eigenvalue weighted by molar-refractivity contribution is 0.628. The molecule has 0 atom stereocenters. The molecule has 0 spiro atoms. The van der Waals surface area contributed by atoms with Crippen molar-refractivity contribution in [1.29, 1.82) is 0 Å². The van der Waals surface area contributed by atoms with Gasteiger partial charge in [-0.3, -0.25) is 0 Å². The summed E-state index contributed by atoms with van der Waals surface area (Å²) >= 11 is 0. The second kappa shape index (κ2) is 4.82. The van der Waals surface area contributed by atoms with Gasteiger partial charge >= 0.3 is 0 Å². The van der Waals surface area contributed by atoms with E-state index in [9.17, 15) is 4.39 Å². The summed E-state index contributed by atoms with van der Waals surface area (Å²) in [5, 5.41) is 3.41. The summed E-state index contributed by atoms with van der Waals surface area (Å²) in [6, 6.07) is 8.81. The summed E-state index contributed by atoms with van der Waals surface area (Å²) in [5.41, 5.74) is 1.81.